The highest BCUT2D eigenvalue weighted by atomic mass is 35.5. The van der Waals surface area contributed by atoms with Crippen molar-refractivity contribution in [1.29, 1.82) is 0 Å². The van der Waals surface area contributed by atoms with Gasteiger partial charge in [0, 0.05) is 23.3 Å². The maximum atomic E-state index is 13.5. The molecule has 2 bridgehead atoms. The van der Waals surface area contributed by atoms with E-state index in [0.29, 0.717) is 35.9 Å². The minimum Gasteiger partial charge on any atom is -0.484 e. The van der Waals surface area contributed by atoms with E-state index in [-0.39, 0.29) is 40.3 Å². The van der Waals surface area contributed by atoms with E-state index < -0.39 is 5.82 Å². The number of para-hydroxylation sites is 1. The Morgan fingerprint density at radius 2 is 1.91 bits per heavy atom. The minimum atomic E-state index is -0.603. The number of amides is 2. The van der Waals surface area contributed by atoms with Crippen LogP contribution in [0, 0.1) is 12.7 Å². The normalized spacial score (nSPS) is 23.1. The molecule has 1 heterocycles. The number of carbonyl (C=O) groups excluding carboxylic acids is 2. The number of hydrogen-bond donors (Lipinski definition) is 2. The molecule has 32 heavy (non-hydrogen) atoms. The van der Waals surface area contributed by atoms with Gasteiger partial charge in [-0.1, -0.05) is 17.7 Å². The molecule has 3 aromatic rings. The van der Waals surface area contributed by atoms with E-state index in [1.807, 2.05) is 13.0 Å². The summed E-state index contributed by atoms with van der Waals surface area (Å²) >= 11 is 5.64. The SMILES string of the molecule is Cc1cnc2cccc(C(=O)NC34CC(NC(=O)COc5ccc(Cl)c(F)c5)(C3)C4)c2n1. The molecule has 2 N–H and O–H groups in total. The summed E-state index contributed by atoms with van der Waals surface area (Å²) in [6, 6.07) is 9.37. The maximum Gasteiger partial charge on any atom is 0.258 e. The zero-order valence-corrected chi connectivity index (χ0v) is 18.0. The van der Waals surface area contributed by atoms with Gasteiger partial charge in [-0.2, -0.15) is 0 Å². The van der Waals surface area contributed by atoms with Crippen LogP contribution in [0.4, 0.5) is 4.39 Å². The fourth-order valence-electron chi connectivity index (χ4n) is 4.71. The average Bonchev–Trinajstić information content (AvgIpc) is 2.71. The summed E-state index contributed by atoms with van der Waals surface area (Å²) in [5.74, 6) is -0.853. The third-order valence-corrected chi connectivity index (χ3v) is 6.32. The van der Waals surface area contributed by atoms with Gasteiger partial charge in [-0.25, -0.2) is 9.37 Å². The summed E-state index contributed by atoms with van der Waals surface area (Å²) in [5, 5.41) is 6.08. The minimum absolute atomic E-state index is 0.00584. The first-order valence-corrected chi connectivity index (χ1v) is 10.6. The molecule has 3 aliphatic carbocycles. The van der Waals surface area contributed by atoms with E-state index >= 15 is 0 Å². The molecule has 0 aliphatic heterocycles. The molecule has 7 nitrogen and oxygen atoms in total. The maximum absolute atomic E-state index is 13.5. The molecule has 164 valence electrons. The molecule has 0 spiro atoms. The van der Waals surface area contributed by atoms with E-state index in [1.54, 1.807) is 18.3 Å². The van der Waals surface area contributed by atoms with Crippen LogP contribution >= 0.6 is 11.6 Å². The van der Waals surface area contributed by atoms with E-state index in [2.05, 4.69) is 20.6 Å². The lowest BCUT2D eigenvalue weighted by atomic mass is 9.44. The van der Waals surface area contributed by atoms with Crippen LogP contribution in [0.1, 0.15) is 35.3 Å². The molecule has 9 heteroatoms. The number of fused-ring (bicyclic) bond motifs is 1. The molecule has 1 aromatic heterocycles. The summed E-state index contributed by atoms with van der Waals surface area (Å²) < 4.78 is 18.8. The first-order valence-electron chi connectivity index (χ1n) is 10.2. The summed E-state index contributed by atoms with van der Waals surface area (Å²) in [6.07, 6.45) is 3.64. The number of ether oxygens (including phenoxy) is 1. The molecule has 0 saturated heterocycles. The predicted octanol–water partition coefficient (Wildman–Crippen LogP) is 3.33. The average molecular weight is 455 g/mol. The van der Waals surface area contributed by atoms with E-state index in [1.165, 1.54) is 12.1 Å². The van der Waals surface area contributed by atoms with Gasteiger partial charge in [0.25, 0.3) is 11.8 Å². The Hall–Kier alpha value is -3.26. The lowest BCUT2D eigenvalue weighted by molar-refractivity contribution is -0.141. The number of benzene rings is 2. The van der Waals surface area contributed by atoms with Crippen LogP contribution in [0.25, 0.3) is 11.0 Å². The molecular weight excluding hydrogens is 435 g/mol. The second-order valence-electron chi connectivity index (χ2n) is 8.64. The summed E-state index contributed by atoms with van der Waals surface area (Å²) in [7, 11) is 0. The molecular formula is C23H20ClFN4O3. The van der Waals surface area contributed by atoms with Gasteiger partial charge in [0.05, 0.1) is 21.8 Å². The molecule has 3 saturated carbocycles. The van der Waals surface area contributed by atoms with E-state index in [4.69, 9.17) is 16.3 Å². The highest BCUT2D eigenvalue weighted by Gasteiger charge is 2.69. The van der Waals surface area contributed by atoms with Crippen LogP contribution in [-0.2, 0) is 4.79 Å². The molecule has 3 aliphatic rings. The standard InChI is InChI=1S/C23H20ClFN4O3/c1-13-8-26-18-4-2-3-15(20(18)27-13)21(31)29-23-10-22(11-23,12-23)28-19(30)9-32-14-5-6-16(24)17(25)7-14/h2-8H,9-12H2,1H3,(H,28,30)(H,29,31). The highest BCUT2D eigenvalue weighted by molar-refractivity contribution is 6.30. The van der Waals surface area contributed by atoms with Gasteiger partial charge in [-0.3, -0.25) is 14.6 Å². The van der Waals surface area contributed by atoms with Crippen molar-refractivity contribution < 1.29 is 18.7 Å². The van der Waals surface area contributed by atoms with Crippen LogP contribution in [0.2, 0.25) is 5.02 Å². The summed E-state index contributed by atoms with van der Waals surface area (Å²) in [6.45, 7) is 1.61. The van der Waals surface area contributed by atoms with Crippen molar-refractivity contribution in [2.24, 2.45) is 0 Å². The van der Waals surface area contributed by atoms with Crippen LogP contribution in [0.5, 0.6) is 5.75 Å². The van der Waals surface area contributed by atoms with Crippen molar-refractivity contribution in [3.63, 3.8) is 0 Å². The molecule has 2 aromatic carbocycles. The number of carbonyl (C=O) groups is 2. The van der Waals surface area contributed by atoms with Crippen LogP contribution in [-0.4, -0.2) is 39.5 Å². The summed E-state index contributed by atoms with van der Waals surface area (Å²) in [4.78, 5) is 34.0. The number of nitrogens with one attached hydrogen (secondary N) is 2. The van der Waals surface area contributed by atoms with Gasteiger partial charge in [-0.15, -0.1) is 0 Å². The topological polar surface area (TPSA) is 93.2 Å². The Bertz CT molecular complexity index is 1250. The molecule has 3 fully saturated rings. The Labute approximate surface area is 188 Å². The number of hydrogen-bond acceptors (Lipinski definition) is 5. The van der Waals surface area contributed by atoms with Crippen LogP contribution < -0.4 is 15.4 Å². The number of rotatable bonds is 6. The summed E-state index contributed by atoms with van der Waals surface area (Å²) in [5.41, 5.74) is 1.84. The number of aromatic nitrogens is 2. The van der Waals surface area contributed by atoms with Crippen molar-refractivity contribution in [3.05, 3.63) is 64.7 Å². The van der Waals surface area contributed by atoms with E-state index in [9.17, 15) is 14.0 Å². The third-order valence-electron chi connectivity index (χ3n) is 6.01. The lowest BCUT2D eigenvalue weighted by Gasteiger charge is -2.70. The molecule has 6 rings (SSSR count). The number of halogens is 2. The highest BCUT2D eigenvalue weighted by Crippen LogP contribution is 2.60. The van der Waals surface area contributed by atoms with Crippen molar-refractivity contribution >= 4 is 34.4 Å². The van der Waals surface area contributed by atoms with Crippen molar-refractivity contribution in [2.45, 2.75) is 37.3 Å². The number of nitrogens with zero attached hydrogens (tertiary/aromatic N) is 2. The smallest absolute Gasteiger partial charge is 0.258 e. The van der Waals surface area contributed by atoms with Crippen LogP contribution in [0.15, 0.2) is 42.6 Å². The molecule has 0 atom stereocenters. The Morgan fingerprint density at radius 1 is 1.16 bits per heavy atom. The van der Waals surface area contributed by atoms with Gasteiger partial charge in [0.2, 0.25) is 0 Å². The Kier molecular flexibility index (Phi) is 4.78. The first-order chi connectivity index (χ1) is 15.3. The van der Waals surface area contributed by atoms with Crippen molar-refractivity contribution in [2.75, 3.05) is 6.61 Å². The zero-order chi connectivity index (χ0) is 22.5. The quantitative estimate of drug-likeness (QED) is 0.596. The monoisotopic (exact) mass is 454 g/mol. The second-order valence-corrected chi connectivity index (χ2v) is 9.05. The largest absolute Gasteiger partial charge is 0.484 e. The van der Waals surface area contributed by atoms with E-state index in [0.717, 1.165) is 11.8 Å². The zero-order valence-electron chi connectivity index (χ0n) is 17.2. The lowest BCUT2D eigenvalue weighted by Crippen LogP contribution is -2.84. The fraction of sp³-hybridized carbons (Fsp3) is 0.304. The van der Waals surface area contributed by atoms with Gasteiger partial charge in [0.1, 0.15) is 17.1 Å². The predicted molar refractivity (Wildman–Crippen MR) is 116 cm³/mol. The second kappa shape index (κ2) is 7.41. The van der Waals surface area contributed by atoms with Gasteiger partial charge >= 0.3 is 0 Å². The molecule has 2 amide bonds. The van der Waals surface area contributed by atoms with Gasteiger partial charge < -0.3 is 15.4 Å². The molecule has 0 radical (unpaired) electrons. The Balaban J connectivity index is 1.16. The van der Waals surface area contributed by atoms with Gasteiger partial charge in [-0.05, 0) is 50.5 Å². The van der Waals surface area contributed by atoms with Crippen molar-refractivity contribution in [1.82, 2.24) is 20.6 Å². The third kappa shape index (κ3) is 3.64. The van der Waals surface area contributed by atoms with Gasteiger partial charge in [0.15, 0.2) is 6.61 Å². The molecule has 0 unspecified atom stereocenters. The Morgan fingerprint density at radius 3 is 2.66 bits per heavy atom. The first kappa shape index (κ1) is 20.6. The van der Waals surface area contributed by atoms with Crippen molar-refractivity contribution in [3.8, 4) is 5.75 Å². The van der Waals surface area contributed by atoms with Crippen LogP contribution in [0.3, 0.4) is 0 Å². The fourth-order valence-corrected chi connectivity index (χ4v) is 4.83. The number of aryl methyl sites for hydroxylation is 1.